The van der Waals surface area contributed by atoms with Gasteiger partial charge in [0, 0.05) is 30.4 Å². The zero-order valence-corrected chi connectivity index (χ0v) is 19.0. The monoisotopic (exact) mass is 450 g/mol. The minimum absolute atomic E-state index is 0.323. The molecule has 2 aromatic heterocycles. The topological polar surface area (TPSA) is 76.9 Å². The Morgan fingerprint density at radius 2 is 1.91 bits per heavy atom. The van der Waals surface area contributed by atoms with E-state index >= 15 is 0 Å². The highest BCUT2D eigenvalue weighted by Crippen LogP contribution is 2.32. The van der Waals surface area contributed by atoms with Crippen molar-refractivity contribution in [3.63, 3.8) is 0 Å². The highest BCUT2D eigenvalue weighted by Gasteiger charge is 2.18. The molecular weight excluding hydrogens is 424 g/mol. The smallest absolute Gasteiger partial charge is 0.224 e. The molecule has 5 aromatic rings. The van der Waals surface area contributed by atoms with Gasteiger partial charge in [-0.3, -0.25) is 4.57 Å². The van der Waals surface area contributed by atoms with Crippen molar-refractivity contribution >= 4 is 27.8 Å². The molecule has 6 rings (SSSR count). The van der Waals surface area contributed by atoms with E-state index in [4.69, 9.17) is 14.7 Å². The Balaban J connectivity index is 1.50. The van der Waals surface area contributed by atoms with Crippen molar-refractivity contribution in [2.75, 3.05) is 25.5 Å². The number of anilines is 1. The lowest BCUT2D eigenvalue weighted by Crippen LogP contribution is -2.38. The van der Waals surface area contributed by atoms with Gasteiger partial charge in [0.05, 0.1) is 18.1 Å². The number of ether oxygens (including phenoxy) is 1. The van der Waals surface area contributed by atoms with Crippen LogP contribution >= 0.6 is 0 Å². The van der Waals surface area contributed by atoms with Gasteiger partial charge in [-0.25, -0.2) is 9.97 Å². The van der Waals surface area contributed by atoms with Crippen molar-refractivity contribution < 1.29 is 4.74 Å². The van der Waals surface area contributed by atoms with E-state index in [2.05, 4.69) is 62.6 Å². The summed E-state index contributed by atoms with van der Waals surface area (Å²) in [5, 5.41) is 9.30. The summed E-state index contributed by atoms with van der Waals surface area (Å²) in [6, 6.07) is 23.0. The van der Waals surface area contributed by atoms with E-state index in [0.717, 1.165) is 59.9 Å². The second kappa shape index (κ2) is 8.76. The van der Waals surface area contributed by atoms with Crippen molar-refractivity contribution in [2.45, 2.75) is 18.9 Å². The van der Waals surface area contributed by atoms with Crippen molar-refractivity contribution in [1.29, 1.82) is 0 Å². The van der Waals surface area contributed by atoms with Crippen molar-refractivity contribution in [2.24, 2.45) is 0 Å². The third-order valence-electron chi connectivity index (χ3n) is 6.37. The molecule has 34 heavy (non-hydrogen) atoms. The predicted octanol–water partition coefficient (Wildman–Crippen LogP) is 4.81. The maximum Gasteiger partial charge on any atom is 0.224 e. The number of methoxy groups -OCH3 is 1. The summed E-state index contributed by atoms with van der Waals surface area (Å²) in [7, 11) is 1.68. The first-order valence-electron chi connectivity index (χ1n) is 11.6. The van der Waals surface area contributed by atoms with Crippen LogP contribution in [0.3, 0.4) is 0 Å². The first-order chi connectivity index (χ1) is 16.8. The van der Waals surface area contributed by atoms with Crippen LogP contribution in [0, 0.1) is 0 Å². The van der Waals surface area contributed by atoms with Gasteiger partial charge in [-0.05, 0) is 54.4 Å². The maximum atomic E-state index is 5.52. The summed E-state index contributed by atoms with van der Waals surface area (Å²) in [5.74, 6) is 3.00. The zero-order chi connectivity index (χ0) is 22.9. The molecule has 7 heteroatoms. The molecule has 0 saturated carbocycles. The number of fused-ring (bicyclic) bond motifs is 2. The van der Waals surface area contributed by atoms with Gasteiger partial charge in [0.25, 0.3) is 0 Å². The summed E-state index contributed by atoms with van der Waals surface area (Å²) < 4.78 is 7.61. The van der Waals surface area contributed by atoms with Crippen LogP contribution in [-0.4, -0.2) is 45.8 Å². The van der Waals surface area contributed by atoms with Gasteiger partial charge in [-0.15, -0.1) is 0 Å². The Kier molecular flexibility index (Phi) is 5.31. The lowest BCUT2D eigenvalue weighted by molar-refractivity contribution is 0.415. The first-order valence-corrected chi connectivity index (χ1v) is 11.6. The fourth-order valence-electron chi connectivity index (χ4n) is 4.64. The normalized spacial score (nSPS) is 16.1. The molecule has 1 fully saturated rings. The van der Waals surface area contributed by atoms with E-state index in [1.54, 1.807) is 13.3 Å². The van der Waals surface area contributed by atoms with Crippen molar-refractivity contribution in [3.8, 4) is 23.0 Å². The van der Waals surface area contributed by atoms with Crippen LogP contribution in [0.5, 0.6) is 5.75 Å². The lowest BCUT2D eigenvalue weighted by atomic mass is 10.1. The molecule has 3 heterocycles. The predicted molar refractivity (Wildman–Crippen MR) is 136 cm³/mol. The summed E-state index contributed by atoms with van der Waals surface area (Å²) in [6.45, 7) is 1.98. The standard InChI is InChI=1S/C27H26N6O/c1-34-22-10-11-23-24(16-22)33(25-12-14-29-27(32-25)30-21-7-4-13-28-17-21)26(31-23)20-9-8-18-5-2-3-6-19(18)15-20/h2-3,5-6,8-12,14-16,21,28H,4,7,13,17H2,1H3,(H,29,30,32)/t21-/m0/s1. The van der Waals surface area contributed by atoms with E-state index in [1.807, 2.05) is 24.3 Å². The van der Waals surface area contributed by atoms with Gasteiger partial charge in [-0.2, -0.15) is 4.98 Å². The molecule has 0 aliphatic carbocycles. The Labute approximate surface area is 197 Å². The molecule has 1 saturated heterocycles. The van der Waals surface area contributed by atoms with Crippen LogP contribution in [0.1, 0.15) is 12.8 Å². The molecule has 0 radical (unpaired) electrons. The fraction of sp³-hybridized carbons (Fsp3) is 0.222. The van der Waals surface area contributed by atoms with E-state index in [1.165, 1.54) is 10.8 Å². The SMILES string of the molecule is COc1ccc2nc(-c3ccc4ccccc4c3)n(-c3ccnc(N[C@H]4CCCNC4)n3)c2c1. The molecule has 1 aliphatic rings. The molecule has 7 nitrogen and oxygen atoms in total. The van der Waals surface area contributed by atoms with E-state index in [0.29, 0.717) is 12.0 Å². The minimum Gasteiger partial charge on any atom is -0.497 e. The van der Waals surface area contributed by atoms with Gasteiger partial charge < -0.3 is 15.4 Å². The van der Waals surface area contributed by atoms with Crippen LogP contribution in [0.15, 0.2) is 72.9 Å². The maximum absolute atomic E-state index is 5.52. The van der Waals surface area contributed by atoms with E-state index < -0.39 is 0 Å². The molecular formula is C27H26N6O. The third kappa shape index (κ3) is 3.84. The van der Waals surface area contributed by atoms with Gasteiger partial charge in [0.2, 0.25) is 5.95 Å². The number of benzene rings is 3. The molecule has 0 unspecified atom stereocenters. The Morgan fingerprint density at radius 1 is 1.00 bits per heavy atom. The lowest BCUT2D eigenvalue weighted by Gasteiger charge is -2.23. The van der Waals surface area contributed by atoms with Crippen LogP contribution in [0.25, 0.3) is 39.0 Å². The van der Waals surface area contributed by atoms with Crippen molar-refractivity contribution in [3.05, 3.63) is 72.9 Å². The average molecular weight is 451 g/mol. The summed E-state index contributed by atoms with van der Waals surface area (Å²) in [5.41, 5.74) is 2.85. The second-order valence-electron chi connectivity index (χ2n) is 8.61. The number of hydrogen-bond donors (Lipinski definition) is 2. The second-order valence-corrected chi connectivity index (χ2v) is 8.61. The number of imidazole rings is 1. The van der Waals surface area contributed by atoms with Gasteiger partial charge in [0.15, 0.2) is 0 Å². The summed E-state index contributed by atoms with van der Waals surface area (Å²) in [6.07, 6.45) is 4.06. The Morgan fingerprint density at radius 3 is 2.76 bits per heavy atom. The first kappa shape index (κ1) is 20.6. The van der Waals surface area contributed by atoms with Crippen LogP contribution in [0.4, 0.5) is 5.95 Å². The molecule has 2 N–H and O–H groups in total. The number of piperidine rings is 1. The van der Waals surface area contributed by atoms with Gasteiger partial charge in [-0.1, -0.05) is 36.4 Å². The van der Waals surface area contributed by atoms with Crippen LogP contribution in [-0.2, 0) is 0 Å². The highest BCUT2D eigenvalue weighted by atomic mass is 16.5. The third-order valence-corrected chi connectivity index (χ3v) is 6.37. The van der Waals surface area contributed by atoms with E-state index in [-0.39, 0.29) is 0 Å². The van der Waals surface area contributed by atoms with Gasteiger partial charge >= 0.3 is 0 Å². The number of nitrogens with one attached hydrogen (secondary N) is 2. The molecule has 1 aliphatic heterocycles. The molecule has 1 atom stereocenters. The molecule has 0 bridgehead atoms. The molecule has 170 valence electrons. The average Bonchev–Trinajstić information content (AvgIpc) is 3.28. The highest BCUT2D eigenvalue weighted by molar-refractivity contribution is 5.89. The molecule has 0 amide bonds. The van der Waals surface area contributed by atoms with Crippen LogP contribution < -0.4 is 15.4 Å². The van der Waals surface area contributed by atoms with Gasteiger partial charge in [0.1, 0.15) is 17.4 Å². The number of aromatic nitrogens is 4. The Hall–Kier alpha value is -3.97. The summed E-state index contributed by atoms with van der Waals surface area (Å²) >= 11 is 0. The summed E-state index contributed by atoms with van der Waals surface area (Å²) in [4.78, 5) is 14.4. The zero-order valence-electron chi connectivity index (χ0n) is 19.0. The fourth-order valence-corrected chi connectivity index (χ4v) is 4.64. The Bertz CT molecular complexity index is 1470. The number of hydrogen-bond acceptors (Lipinski definition) is 6. The molecule has 3 aromatic carbocycles. The number of rotatable bonds is 5. The number of nitrogens with zero attached hydrogens (tertiary/aromatic N) is 4. The van der Waals surface area contributed by atoms with E-state index in [9.17, 15) is 0 Å². The minimum atomic E-state index is 0.323. The largest absolute Gasteiger partial charge is 0.497 e. The quantitative estimate of drug-likeness (QED) is 0.400. The molecule has 0 spiro atoms. The van der Waals surface area contributed by atoms with Crippen molar-refractivity contribution in [1.82, 2.24) is 24.8 Å². The van der Waals surface area contributed by atoms with Crippen LogP contribution in [0.2, 0.25) is 0 Å².